The summed E-state index contributed by atoms with van der Waals surface area (Å²) in [7, 11) is 0. The molecule has 0 unspecified atom stereocenters. The third-order valence-electron chi connectivity index (χ3n) is 3.21. The van der Waals surface area contributed by atoms with Crippen molar-refractivity contribution in [2.75, 3.05) is 11.4 Å². The molecule has 104 valence electrons. The van der Waals surface area contributed by atoms with Crippen molar-refractivity contribution < 1.29 is 4.79 Å². The van der Waals surface area contributed by atoms with E-state index >= 15 is 0 Å². The number of carbonyl (C=O) groups excluding carboxylic acids is 1. The highest BCUT2D eigenvalue weighted by atomic mass is 35.5. The van der Waals surface area contributed by atoms with Crippen LogP contribution in [-0.4, -0.2) is 12.8 Å². The minimum atomic E-state index is 0.583. The van der Waals surface area contributed by atoms with E-state index in [9.17, 15) is 4.79 Å². The molecule has 0 aliphatic heterocycles. The second kappa shape index (κ2) is 7.11. The van der Waals surface area contributed by atoms with E-state index in [0.29, 0.717) is 10.6 Å². The first-order valence-corrected chi connectivity index (χ1v) is 7.21. The molecule has 2 aromatic carbocycles. The lowest BCUT2D eigenvalue weighted by Crippen LogP contribution is -2.19. The first-order chi connectivity index (χ1) is 9.76. The zero-order valence-electron chi connectivity index (χ0n) is 11.6. The highest BCUT2D eigenvalue weighted by Gasteiger charge is 2.13. The number of aldehydes is 1. The fraction of sp³-hybridized carbons (Fsp3) is 0.235. The molecule has 0 N–H and O–H groups in total. The second-order valence-electron chi connectivity index (χ2n) is 4.66. The molecule has 0 bridgehead atoms. The van der Waals surface area contributed by atoms with Gasteiger partial charge in [0, 0.05) is 22.8 Å². The molecule has 2 aromatic rings. The molecule has 0 spiro atoms. The molecule has 3 heteroatoms. The fourth-order valence-corrected chi connectivity index (χ4v) is 2.36. The van der Waals surface area contributed by atoms with Crippen molar-refractivity contribution in [3.63, 3.8) is 0 Å². The molecular formula is C17H18ClNO. The standard InChI is InChI=1S/C17H18ClNO/c1-2-3-11-19(16-7-5-4-6-8-16)17-10-9-15(18)12-14(17)13-20/h4-10,12-13H,2-3,11H2,1H3. The van der Waals surface area contributed by atoms with E-state index in [1.165, 1.54) is 0 Å². The summed E-state index contributed by atoms with van der Waals surface area (Å²) in [6, 6.07) is 15.6. The Morgan fingerprint density at radius 1 is 1.15 bits per heavy atom. The van der Waals surface area contributed by atoms with E-state index < -0.39 is 0 Å². The maximum Gasteiger partial charge on any atom is 0.152 e. The van der Waals surface area contributed by atoms with Crippen molar-refractivity contribution >= 4 is 29.3 Å². The molecule has 20 heavy (non-hydrogen) atoms. The first kappa shape index (κ1) is 14.6. The Balaban J connectivity index is 2.43. The number of hydrogen-bond donors (Lipinski definition) is 0. The van der Waals surface area contributed by atoms with Gasteiger partial charge >= 0.3 is 0 Å². The molecule has 0 aliphatic carbocycles. The van der Waals surface area contributed by atoms with Gasteiger partial charge in [0.1, 0.15) is 0 Å². The monoisotopic (exact) mass is 287 g/mol. The van der Waals surface area contributed by atoms with Crippen LogP contribution in [0, 0.1) is 0 Å². The molecule has 0 heterocycles. The SMILES string of the molecule is CCCCN(c1ccccc1)c1ccc(Cl)cc1C=O. The van der Waals surface area contributed by atoms with Gasteiger partial charge in [-0.2, -0.15) is 0 Å². The molecular weight excluding hydrogens is 270 g/mol. The van der Waals surface area contributed by atoms with Gasteiger partial charge < -0.3 is 4.90 Å². The van der Waals surface area contributed by atoms with Crippen LogP contribution in [-0.2, 0) is 0 Å². The molecule has 0 aliphatic rings. The van der Waals surface area contributed by atoms with Crippen LogP contribution in [0.25, 0.3) is 0 Å². The normalized spacial score (nSPS) is 10.3. The van der Waals surface area contributed by atoms with E-state index in [4.69, 9.17) is 11.6 Å². The second-order valence-corrected chi connectivity index (χ2v) is 5.10. The largest absolute Gasteiger partial charge is 0.341 e. The zero-order chi connectivity index (χ0) is 14.4. The smallest absolute Gasteiger partial charge is 0.152 e. The predicted octanol–water partition coefficient (Wildman–Crippen LogP) is 5.09. The lowest BCUT2D eigenvalue weighted by atomic mass is 10.1. The Bertz CT molecular complexity index is 568. The summed E-state index contributed by atoms with van der Waals surface area (Å²) in [4.78, 5) is 13.5. The van der Waals surface area contributed by atoms with Crippen LogP contribution >= 0.6 is 11.6 Å². The summed E-state index contributed by atoms with van der Waals surface area (Å²) < 4.78 is 0. The van der Waals surface area contributed by atoms with Crippen molar-refractivity contribution in [1.29, 1.82) is 0 Å². The van der Waals surface area contributed by atoms with Crippen LogP contribution in [0.4, 0.5) is 11.4 Å². The summed E-state index contributed by atoms with van der Waals surface area (Å²) >= 11 is 5.97. The molecule has 0 radical (unpaired) electrons. The molecule has 2 nitrogen and oxygen atoms in total. The maximum absolute atomic E-state index is 11.3. The quantitative estimate of drug-likeness (QED) is 0.690. The van der Waals surface area contributed by atoms with Gasteiger partial charge in [0.25, 0.3) is 0 Å². The van der Waals surface area contributed by atoms with Gasteiger partial charge in [-0.25, -0.2) is 0 Å². The number of benzene rings is 2. The number of anilines is 2. The van der Waals surface area contributed by atoms with Crippen LogP contribution in [0.5, 0.6) is 0 Å². The molecule has 0 fully saturated rings. The summed E-state index contributed by atoms with van der Waals surface area (Å²) in [5, 5.41) is 0.583. The highest BCUT2D eigenvalue weighted by Crippen LogP contribution is 2.30. The molecule has 0 amide bonds. The third-order valence-corrected chi connectivity index (χ3v) is 3.45. The van der Waals surface area contributed by atoms with Crippen molar-refractivity contribution in [3.05, 3.63) is 59.1 Å². The predicted molar refractivity (Wildman–Crippen MR) is 85.2 cm³/mol. The van der Waals surface area contributed by atoms with E-state index in [1.54, 1.807) is 6.07 Å². The van der Waals surface area contributed by atoms with E-state index in [-0.39, 0.29) is 0 Å². The van der Waals surface area contributed by atoms with Gasteiger partial charge in [0.15, 0.2) is 6.29 Å². The zero-order valence-corrected chi connectivity index (χ0v) is 12.3. The van der Waals surface area contributed by atoms with Gasteiger partial charge in [-0.1, -0.05) is 43.1 Å². The molecule has 0 aromatic heterocycles. The number of halogens is 1. The summed E-state index contributed by atoms with van der Waals surface area (Å²) in [5.74, 6) is 0. The summed E-state index contributed by atoms with van der Waals surface area (Å²) in [6.07, 6.45) is 3.03. The van der Waals surface area contributed by atoms with E-state index in [2.05, 4.69) is 24.0 Å². The van der Waals surface area contributed by atoms with Crippen molar-refractivity contribution in [1.82, 2.24) is 0 Å². The molecule has 0 saturated heterocycles. The van der Waals surface area contributed by atoms with Gasteiger partial charge in [0.2, 0.25) is 0 Å². The number of unbranched alkanes of at least 4 members (excludes halogenated alkanes) is 1. The number of carbonyl (C=O) groups is 1. The minimum absolute atomic E-state index is 0.583. The topological polar surface area (TPSA) is 20.3 Å². The Morgan fingerprint density at radius 3 is 2.55 bits per heavy atom. The number of para-hydroxylation sites is 1. The van der Waals surface area contributed by atoms with Crippen LogP contribution in [0.2, 0.25) is 5.02 Å². The van der Waals surface area contributed by atoms with E-state index in [0.717, 1.165) is 37.0 Å². The molecule has 0 saturated carbocycles. The van der Waals surface area contributed by atoms with Gasteiger partial charge in [0.05, 0.1) is 5.69 Å². The average Bonchev–Trinajstić information content (AvgIpc) is 2.49. The highest BCUT2D eigenvalue weighted by molar-refractivity contribution is 6.31. The Kier molecular flexibility index (Phi) is 5.19. The van der Waals surface area contributed by atoms with Gasteiger partial charge in [-0.05, 0) is 36.8 Å². The minimum Gasteiger partial charge on any atom is -0.341 e. The summed E-state index contributed by atoms with van der Waals surface area (Å²) in [5.41, 5.74) is 2.62. The van der Waals surface area contributed by atoms with Crippen LogP contribution in [0.3, 0.4) is 0 Å². The van der Waals surface area contributed by atoms with Crippen LogP contribution < -0.4 is 4.90 Å². The van der Waals surface area contributed by atoms with Gasteiger partial charge in [-0.3, -0.25) is 4.79 Å². The fourth-order valence-electron chi connectivity index (χ4n) is 2.18. The third kappa shape index (κ3) is 3.40. The Hall–Kier alpha value is -1.80. The lowest BCUT2D eigenvalue weighted by molar-refractivity contribution is 0.112. The van der Waals surface area contributed by atoms with Crippen molar-refractivity contribution in [3.8, 4) is 0 Å². The number of nitrogens with zero attached hydrogens (tertiary/aromatic N) is 1. The Morgan fingerprint density at radius 2 is 1.90 bits per heavy atom. The van der Waals surface area contributed by atoms with E-state index in [1.807, 2.05) is 30.3 Å². The lowest BCUT2D eigenvalue weighted by Gasteiger charge is -2.26. The van der Waals surface area contributed by atoms with Crippen molar-refractivity contribution in [2.45, 2.75) is 19.8 Å². The number of rotatable bonds is 6. The van der Waals surface area contributed by atoms with Crippen molar-refractivity contribution in [2.24, 2.45) is 0 Å². The average molecular weight is 288 g/mol. The van der Waals surface area contributed by atoms with Crippen LogP contribution in [0.15, 0.2) is 48.5 Å². The van der Waals surface area contributed by atoms with Gasteiger partial charge in [-0.15, -0.1) is 0 Å². The molecule has 2 rings (SSSR count). The summed E-state index contributed by atoms with van der Waals surface area (Å²) in [6.45, 7) is 3.04. The Labute approximate surface area is 125 Å². The molecule has 0 atom stereocenters. The first-order valence-electron chi connectivity index (χ1n) is 6.83. The maximum atomic E-state index is 11.3. The van der Waals surface area contributed by atoms with Crippen LogP contribution in [0.1, 0.15) is 30.1 Å². The number of hydrogen-bond acceptors (Lipinski definition) is 2.